The highest BCUT2D eigenvalue weighted by molar-refractivity contribution is 5.95. The summed E-state index contributed by atoms with van der Waals surface area (Å²) < 4.78 is 27.7. The quantitative estimate of drug-likeness (QED) is 0.593. The average molecular weight is 438 g/mol. The van der Waals surface area contributed by atoms with Crippen LogP contribution in [0.5, 0.6) is 23.0 Å². The fourth-order valence-electron chi connectivity index (χ4n) is 3.48. The maximum Gasteiger partial charge on any atom is 0.251 e. The van der Waals surface area contributed by atoms with Crippen molar-refractivity contribution in [2.45, 2.75) is 33.4 Å². The van der Waals surface area contributed by atoms with E-state index < -0.39 is 0 Å². The van der Waals surface area contributed by atoms with Crippen LogP contribution in [0.15, 0.2) is 40.9 Å². The molecule has 168 valence electrons. The molecule has 1 unspecified atom stereocenters. The number of carbonyl (C=O) groups excluding carboxylic acids is 1. The van der Waals surface area contributed by atoms with E-state index in [4.69, 9.17) is 23.5 Å². The Balaban J connectivity index is 1.44. The second-order valence-corrected chi connectivity index (χ2v) is 7.56. The lowest BCUT2D eigenvalue weighted by Crippen LogP contribution is -2.27. The molecule has 1 aliphatic heterocycles. The fourth-order valence-corrected chi connectivity index (χ4v) is 3.48. The van der Waals surface area contributed by atoms with Crippen molar-refractivity contribution in [2.24, 2.45) is 0 Å². The maximum absolute atomic E-state index is 12.8. The SMILES string of the molecule is COc1cc(C(=O)NC(C)c2ccc3c(c2)OCCO3)ccc1OCc1c(C)noc1C. The number of nitrogens with one attached hydrogen (secondary N) is 1. The zero-order chi connectivity index (χ0) is 22.7. The molecule has 0 bridgehead atoms. The molecule has 8 nitrogen and oxygen atoms in total. The molecule has 1 amide bonds. The van der Waals surface area contributed by atoms with Crippen LogP contribution in [0.25, 0.3) is 0 Å². The molecule has 32 heavy (non-hydrogen) atoms. The van der Waals surface area contributed by atoms with Gasteiger partial charge in [-0.1, -0.05) is 11.2 Å². The third-order valence-corrected chi connectivity index (χ3v) is 5.39. The number of fused-ring (bicyclic) bond motifs is 1. The summed E-state index contributed by atoms with van der Waals surface area (Å²) in [5.74, 6) is 2.90. The van der Waals surface area contributed by atoms with Crippen LogP contribution in [0.3, 0.4) is 0 Å². The number of rotatable bonds is 7. The van der Waals surface area contributed by atoms with Crippen molar-refractivity contribution >= 4 is 5.91 Å². The predicted octanol–water partition coefficient (Wildman–Crippen LogP) is 4.14. The third kappa shape index (κ3) is 4.49. The Morgan fingerprint density at radius 2 is 1.88 bits per heavy atom. The summed E-state index contributed by atoms with van der Waals surface area (Å²) in [6.45, 7) is 6.97. The van der Waals surface area contributed by atoms with Crippen LogP contribution in [0.4, 0.5) is 0 Å². The predicted molar refractivity (Wildman–Crippen MR) is 117 cm³/mol. The molecule has 1 aliphatic rings. The van der Waals surface area contributed by atoms with Gasteiger partial charge < -0.3 is 28.8 Å². The molecule has 0 fully saturated rings. The number of nitrogens with zero attached hydrogens (tertiary/aromatic N) is 1. The Hall–Kier alpha value is -3.68. The van der Waals surface area contributed by atoms with Gasteiger partial charge >= 0.3 is 0 Å². The van der Waals surface area contributed by atoms with Gasteiger partial charge in [-0.2, -0.15) is 0 Å². The van der Waals surface area contributed by atoms with Crippen LogP contribution >= 0.6 is 0 Å². The minimum absolute atomic E-state index is 0.219. The van der Waals surface area contributed by atoms with E-state index in [9.17, 15) is 4.79 Å². The zero-order valence-electron chi connectivity index (χ0n) is 18.6. The molecule has 0 saturated carbocycles. The fraction of sp³-hybridized carbons (Fsp3) is 0.333. The average Bonchev–Trinajstić information content (AvgIpc) is 3.14. The van der Waals surface area contributed by atoms with Gasteiger partial charge in [0.1, 0.15) is 25.6 Å². The molecule has 0 aliphatic carbocycles. The minimum Gasteiger partial charge on any atom is -0.493 e. The van der Waals surface area contributed by atoms with Gasteiger partial charge in [0.05, 0.1) is 24.4 Å². The van der Waals surface area contributed by atoms with Crippen LogP contribution in [0.1, 0.15) is 45.9 Å². The highest BCUT2D eigenvalue weighted by Crippen LogP contribution is 2.33. The molecule has 2 aromatic carbocycles. The number of methoxy groups -OCH3 is 1. The van der Waals surface area contributed by atoms with E-state index in [1.807, 2.05) is 39.0 Å². The summed E-state index contributed by atoms with van der Waals surface area (Å²) in [6, 6.07) is 10.5. The van der Waals surface area contributed by atoms with Crippen LogP contribution in [-0.2, 0) is 6.61 Å². The molecule has 8 heteroatoms. The number of benzene rings is 2. The number of hydrogen-bond donors (Lipinski definition) is 1. The molecule has 0 spiro atoms. The van der Waals surface area contributed by atoms with E-state index in [1.54, 1.807) is 18.2 Å². The largest absolute Gasteiger partial charge is 0.493 e. The highest BCUT2D eigenvalue weighted by atomic mass is 16.6. The van der Waals surface area contributed by atoms with E-state index in [0.717, 1.165) is 22.6 Å². The van der Waals surface area contributed by atoms with E-state index in [0.29, 0.717) is 48.4 Å². The van der Waals surface area contributed by atoms with Gasteiger partial charge in [0.25, 0.3) is 5.91 Å². The first-order valence-electron chi connectivity index (χ1n) is 10.4. The lowest BCUT2D eigenvalue weighted by Gasteiger charge is -2.21. The Kier molecular flexibility index (Phi) is 6.20. The molecule has 1 aromatic heterocycles. The smallest absolute Gasteiger partial charge is 0.251 e. The highest BCUT2D eigenvalue weighted by Gasteiger charge is 2.18. The number of aromatic nitrogens is 1. The van der Waals surface area contributed by atoms with Crippen LogP contribution in [0, 0.1) is 13.8 Å². The van der Waals surface area contributed by atoms with Crippen molar-refractivity contribution in [3.8, 4) is 23.0 Å². The second-order valence-electron chi connectivity index (χ2n) is 7.56. The number of ether oxygens (including phenoxy) is 4. The molecule has 4 rings (SSSR count). The van der Waals surface area contributed by atoms with Gasteiger partial charge in [0, 0.05) is 5.56 Å². The molecule has 3 aromatic rings. The summed E-state index contributed by atoms with van der Waals surface area (Å²) in [5, 5.41) is 6.94. The Morgan fingerprint density at radius 3 is 2.59 bits per heavy atom. The molecular formula is C24H26N2O6. The molecule has 2 heterocycles. The molecule has 1 atom stereocenters. The molecule has 1 N–H and O–H groups in total. The molecular weight excluding hydrogens is 412 g/mol. The number of aryl methyl sites for hydroxylation is 2. The summed E-state index contributed by atoms with van der Waals surface area (Å²) in [5.41, 5.74) is 3.07. The van der Waals surface area contributed by atoms with E-state index in [2.05, 4.69) is 10.5 Å². The maximum atomic E-state index is 12.8. The van der Waals surface area contributed by atoms with Crippen molar-refractivity contribution in [1.29, 1.82) is 0 Å². The van der Waals surface area contributed by atoms with Gasteiger partial charge in [0.2, 0.25) is 0 Å². The van der Waals surface area contributed by atoms with E-state index >= 15 is 0 Å². The van der Waals surface area contributed by atoms with Crippen LogP contribution in [0.2, 0.25) is 0 Å². The monoisotopic (exact) mass is 438 g/mol. The second kappa shape index (κ2) is 9.21. The topological polar surface area (TPSA) is 92.1 Å². The van der Waals surface area contributed by atoms with Gasteiger partial charge in [-0.15, -0.1) is 0 Å². The Morgan fingerprint density at radius 1 is 1.09 bits per heavy atom. The van der Waals surface area contributed by atoms with Crippen molar-refractivity contribution < 1.29 is 28.3 Å². The first kappa shape index (κ1) is 21.5. The Labute approximate surface area is 186 Å². The number of hydrogen-bond acceptors (Lipinski definition) is 7. The van der Waals surface area contributed by atoms with Gasteiger partial charge in [-0.3, -0.25) is 4.79 Å². The van der Waals surface area contributed by atoms with E-state index in [-0.39, 0.29) is 11.9 Å². The first-order valence-corrected chi connectivity index (χ1v) is 10.4. The Bertz CT molecular complexity index is 1100. The molecule has 0 radical (unpaired) electrons. The van der Waals surface area contributed by atoms with Crippen molar-refractivity contribution in [2.75, 3.05) is 20.3 Å². The standard InChI is InChI=1S/C24H26N2O6/c1-14(17-5-7-21-23(11-17)30-10-9-29-21)25-24(27)18-6-8-20(22(12-18)28-4)31-13-19-15(2)26-32-16(19)3/h5-8,11-12,14H,9-10,13H2,1-4H3,(H,25,27). The van der Waals surface area contributed by atoms with E-state index in [1.165, 1.54) is 7.11 Å². The number of amides is 1. The van der Waals surface area contributed by atoms with Crippen molar-refractivity contribution in [1.82, 2.24) is 10.5 Å². The van der Waals surface area contributed by atoms with Crippen LogP contribution in [-0.4, -0.2) is 31.4 Å². The van der Waals surface area contributed by atoms with Crippen molar-refractivity contribution in [3.63, 3.8) is 0 Å². The van der Waals surface area contributed by atoms with Crippen LogP contribution < -0.4 is 24.3 Å². The summed E-state index contributed by atoms with van der Waals surface area (Å²) >= 11 is 0. The minimum atomic E-state index is -0.222. The summed E-state index contributed by atoms with van der Waals surface area (Å²) in [7, 11) is 1.54. The lowest BCUT2D eigenvalue weighted by atomic mass is 10.1. The van der Waals surface area contributed by atoms with Crippen molar-refractivity contribution in [3.05, 3.63) is 64.5 Å². The van der Waals surface area contributed by atoms with Gasteiger partial charge in [0.15, 0.2) is 23.0 Å². The number of carbonyl (C=O) groups is 1. The van der Waals surface area contributed by atoms with Gasteiger partial charge in [-0.05, 0) is 56.7 Å². The summed E-state index contributed by atoms with van der Waals surface area (Å²) in [6.07, 6.45) is 0. The third-order valence-electron chi connectivity index (χ3n) is 5.39. The first-order chi connectivity index (χ1) is 15.5. The normalized spacial score (nSPS) is 13.4. The van der Waals surface area contributed by atoms with Gasteiger partial charge in [-0.25, -0.2) is 0 Å². The zero-order valence-corrected chi connectivity index (χ0v) is 18.6. The lowest BCUT2D eigenvalue weighted by molar-refractivity contribution is 0.0939. The molecule has 0 saturated heterocycles. The summed E-state index contributed by atoms with van der Waals surface area (Å²) in [4.78, 5) is 12.8.